The molecule has 0 saturated carbocycles. The molecule has 0 unspecified atom stereocenters. The first kappa shape index (κ1) is 23.7. The number of halogens is 3. The third-order valence-electron chi connectivity index (χ3n) is 4.06. The number of nitrogens with one attached hydrogen (secondary N) is 1. The summed E-state index contributed by atoms with van der Waals surface area (Å²) in [6.45, 7) is 2.41. The Bertz CT molecular complexity index is 796. The van der Waals surface area contributed by atoms with Crippen LogP contribution in [0.4, 0.5) is 0 Å². The van der Waals surface area contributed by atoms with Crippen molar-refractivity contribution in [3.05, 3.63) is 59.7 Å². The molecule has 152 valence electrons. The first-order chi connectivity index (χ1) is 13.3. The molecular weight excluding hydrogens is 607 g/mol. The summed E-state index contributed by atoms with van der Waals surface area (Å²) in [5.41, 5.74) is 1.94. The van der Waals surface area contributed by atoms with Crippen molar-refractivity contribution >= 4 is 62.8 Å². The Morgan fingerprint density at radius 3 is 2.54 bits per heavy atom. The van der Waals surface area contributed by atoms with Gasteiger partial charge in [0.15, 0.2) is 6.61 Å². The number of aliphatic hydroxyl groups excluding tert-OH is 1. The second-order valence-electron chi connectivity index (χ2n) is 6.34. The summed E-state index contributed by atoms with van der Waals surface area (Å²) in [4.78, 5) is 11.3. The first-order valence-corrected chi connectivity index (χ1v) is 11.2. The molecule has 2 aromatic rings. The molecule has 0 fully saturated rings. The van der Waals surface area contributed by atoms with Crippen molar-refractivity contribution in [3.8, 4) is 5.75 Å². The number of rotatable bonds is 9. The van der Waals surface area contributed by atoms with Gasteiger partial charge >= 0.3 is 5.97 Å². The molecule has 0 aromatic heterocycles. The number of aliphatic hydroxyl groups is 1. The minimum Gasteiger partial charge on any atom is -0.480 e. The number of esters is 1. The van der Waals surface area contributed by atoms with Gasteiger partial charge in [-0.3, -0.25) is 0 Å². The summed E-state index contributed by atoms with van der Waals surface area (Å²) >= 11 is 10.4. The van der Waals surface area contributed by atoms with Crippen LogP contribution < -0.4 is 10.1 Å². The van der Waals surface area contributed by atoms with Crippen molar-refractivity contribution in [2.24, 2.45) is 0 Å². The number of hydrogen-bond donors (Lipinski definition) is 2. The maximum atomic E-state index is 11.3. The van der Waals surface area contributed by atoms with Crippen LogP contribution >= 0.6 is 56.8 Å². The largest absolute Gasteiger partial charge is 0.480 e. The van der Waals surface area contributed by atoms with Gasteiger partial charge in [-0.25, -0.2) is 4.79 Å². The molecule has 2 atom stereocenters. The van der Waals surface area contributed by atoms with Crippen LogP contribution in [-0.2, 0) is 16.0 Å². The Balaban J connectivity index is 1.92. The van der Waals surface area contributed by atoms with E-state index < -0.39 is 12.1 Å². The van der Waals surface area contributed by atoms with Crippen molar-refractivity contribution < 1.29 is 19.4 Å². The van der Waals surface area contributed by atoms with E-state index in [1.54, 1.807) is 12.1 Å². The molecule has 0 bridgehead atoms. The van der Waals surface area contributed by atoms with Gasteiger partial charge in [0.2, 0.25) is 0 Å². The monoisotopic (exact) mass is 629 g/mol. The van der Waals surface area contributed by atoms with Crippen LogP contribution in [-0.4, -0.2) is 37.4 Å². The van der Waals surface area contributed by atoms with Crippen molar-refractivity contribution in [1.82, 2.24) is 5.32 Å². The SMILES string of the molecule is COC(=O)COc1c(I)cc(C[C@@H](C)NC[C@H](O)c2cccc(Cl)c2)cc1I. The number of hydrogen-bond acceptors (Lipinski definition) is 5. The summed E-state index contributed by atoms with van der Waals surface area (Å²) in [5, 5.41) is 14.3. The molecule has 0 aliphatic carbocycles. The zero-order valence-electron chi connectivity index (χ0n) is 15.5. The van der Waals surface area contributed by atoms with E-state index in [4.69, 9.17) is 16.3 Å². The molecule has 0 spiro atoms. The fraction of sp³-hybridized carbons (Fsp3) is 0.350. The lowest BCUT2D eigenvalue weighted by molar-refractivity contribution is -0.142. The fourth-order valence-electron chi connectivity index (χ4n) is 2.63. The van der Waals surface area contributed by atoms with Gasteiger partial charge in [0.05, 0.1) is 20.4 Å². The minimum atomic E-state index is -0.615. The number of carbonyl (C=O) groups excluding carboxylic acids is 1. The molecular formula is C20H22ClI2NO4. The summed E-state index contributed by atoms with van der Waals surface area (Å²) in [5.74, 6) is 0.277. The molecule has 28 heavy (non-hydrogen) atoms. The lowest BCUT2D eigenvalue weighted by Crippen LogP contribution is -2.32. The van der Waals surface area contributed by atoms with Crippen LogP contribution in [0.3, 0.4) is 0 Å². The molecule has 2 aromatic carbocycles. The Morgan fingerprint density at radius 2 is 1.93 bits per heavy atom. The predicted molar refractivity (Wildman–Crippen MR) is 127 cm³/mol. The van der Waals surface area contributed by atoms with Gasteiger partial charge in [0.1, 0.15) is 5.75 Å². The van der Waals surface area contributed by atoms with Crippen LogP contribution in [0.2, 0.25) is 5.02 Å². The molecule has 0 aliphatic heterocycles. The predicted octanol–water partition coefficient (Wildman–Crippen LogP) is 4.36. The summed E-state index contributed by atoms with van der Waals surface area (Å²) < 4.78 is 12.1. The molecule has 0 radical (unpaired) electrons. The molecule has 0 heterocycles. The molecule has 0 aliphatic rings. The summed E-state index contributed by atoms with van der Waals surface area (Å²) in [7, 11) is 1.34. The molecule has 0 amide bonds. The van der Waals surface area contributed by atoms with Gasteiger partial charge in [-0.15, -0.1) is 0 Å². The number of methoxy groups -OCH3 is 1. The topological polar surface area (TPSA) is 67.8 Å². The average molecular weight is 630 g/mol. The van der Waals surface area contributed by atoms with Crippen LogP contribution in [0, 0.1) is 7.14 Å². The zero-order chi connectivity index (χ0) is 20.7. The van der Waals surface area contributed by atoms with Crippen molar-refractivity contribution in [2.45, 2.75) is 25.5 Å². The van der Waals surface area contributed by atoms with E-state index in [1.807, 2.05) is 24.3 Å². The van der Waals surface area contributed by atoms with Crippen molar-refractivity contribution in [3.63, 3.8) is 0 Å². The third-order valence-corrected chi connectivity index (χ3v) is 5.89. The summed E-state index contributed by atoms with van der Waals surface area (Å²) in [6.07, 6.45) is 0.182. The lowest BCUT2D eigenvalue weighted by atomic mass is 10.1. The number of carbonyl (C=O) groups is 1. The Morgan fingerprint density at radius 1 is 1.25 bits per heavy atom. The maximum Gasteiger partial charge on any atom is 0.343 e. The maximum absolute atomic E-state index is 11.3. The molecule has 0 saturated heterocycles. The van der Waals surface area contributed by atoms with Gasteiger partial charge in [-0.05, 0) is 93.9 Å². The molecule has 8 heteroatoms. The quantitative estimate of drug-likeness (QED) is 0.319. The Kier molecular flexibility index (Phi) is 9.75. The Hall–Kier alpha value is -0.620. The molecule has 5 nitrogen and oxygen atoms in total. The highest BCUT2D eigenvalue weighted by atomic mass is 127. The zero-order valence-corrected chi connectivity index (χ0v) is 20.6. The van der Waals surface area contributed by atoms with Gasteiger partial charge in [-0.1, -0.05) is 23.7 Å². The van der Waals surface area contributed by atoms with E-state index in [1.165, 1.54) is 7.11 Å². The third kappa shape index (κ3) is 7.33. The van der Waals surface area contributed by atoms with Crippen LogP contribution in [0.25, 0.3) is 0 Å². The second-order valence-corrected chi connectivity index (χ2v) is 9.10. The normalized spacial score (nSPS) is 13.1. The van der Waals surface area contributed by atoms with E-state index in [0.29, 0.717) is 17.3 Å². The fourth-order valence-corrected chi connectivity index (χ4v) is 5.04. The van der Waals surface area contributed by atoms with Gasteiger partial charge < -0.3 is 19.9 Å². The molecule has 2 rings (SSSR count). The van der Waals surface area contributed by atoms with E-state index in [9.17, 15) is 9.90 Å². The highest BCUT2D eigenvalue weighted by Gasteiger charge is 2.14. The lowest BCUT2D eigenvalue weighted by Gasteiger charge is -2.19. The van der Waals surface area contributed by atoms with Gasteiger partial charge in [0.25, 0.3) is 0 Å². The van der Waals surface area contributed by atoms with Crippen LogP contribution in [0.5, 0.6) is 5.75 Å². The number of ether oxygens (including phenoxy) is 2. The Labute approximate surface area is 197 Å². The standard InChI is InChI=1S/C20H22ClI2NO4/c1-12(24-10-18(25)14-4-3-5-15(21)9-14)6-13-7-16(22)20(17(23)8-13)28-11-19(26)27-2/h3-5,7-9,12,18,24-25H,6,10-11H2,1-2H3/t12-,18+/m1/s1. The van der Waals surface area contributed by atoms with Crippen LogP contribution in [0.15, 0.2) is 36.4 Å². The minimum absolute atomic E-state index is 0.110. The first-order valence-electron chi connectivity index (χ1n) is 8.64. The highest BCUT2D eigenvalue weighted by molar-refractivity contribution is 14.1. The highest BCUT2D eigenvalue weighted by Crippen LogP contribution is 2.29. The number of benzene rings is 2. The van der Waals surface area contributed by atoms with Crippen molar-refractivity contribution in [2.75, 3.05) is 20.3 Å². The average Bonchev–Trinajstić information content (AvgIpc) is 2.65. The van der Waals surface area contributed by atoms with E-state index >= 15 is 0 Å². The summed E-state index contributed by atoms with van der Waals surface area (Å²) in [6, 6.07) is 11.5. The van der Waals surface area contributed by atoms with E-state index in [-0.39, 0.29) is 12.6 Å². The van der Waals surface area contributed by atoms with Crippen LogP contribution in [0.1, 0.15) is 24.2 Å². The van der Waals surface area contributed by atoms with Gasteiger partial charge in [0, 0.05) is 17.6 Å². The van der Waals surface area contributed by atoms with E-state index in [0.717, 1.165) is 24.7 Å². The smallest absolute Gasteiger partial charge is 0.343 e. The van der Waals surface area contributed by atoms with Gasteiger partial charge in [-0.2, -0.15) is 0 Å². The van der Waals surface area contributed by atoms with E-state index in [2.05, 4.69) is 62.2 Å². The second kappa shape index (κ2) is 11.5. The molecule has 2 N–H and O–H groups in total. The van der Waals surface area contributed by atoms with Crippen molar-refractivity contribution in [1.29, 1.82) is 0 Å².